The zero-order valence-corrected chi connectivity index (χ0v) is 12.3. The Morgan fingerprint density at radius 3 is 2.59 bits per heavy atom. The number of carboxylic acid groups (broad SMARTS) is 1. The van der Waals surface area contributed by atoms with Crippen LogP contribution in [-0.4, -0.2) is 23.0 Å². The van der Waals surface area contributed by atoms with Gasteiger partial charge in [-0.1, -0.05) is 23.7 Å². The normalized spacial score (nSPS) is 20.2. The van der Waals surface area contributed by atoms with Gasteiger partial charge < -0.3 is 14.8 Å². The van der Waals surface area contributed by atoms with Gasteiger partial charge >= 0.3 is 5.97 Å². The van der Waals surface area contributed by atoms with Gasteiger partial charge in [0.25, 0.3) is 5.91 Å². The maximum absolute atomic E-state index is 12.1. The second kappa shape index (κ2) is 5.85. The van der Waals surface area contributed by atoms with E-state index in [2.05, 4.69) is 5.32 Å². The van der Waals surface area contributed by atoms with Gasteiger partial charge in [0.15, 0.2) is 5.76 Å². The predicted molar refractivity (Wildman–Crippen MR) is 80.8 cm³/mol. The monoisotopic (exact) mass is 319 g/mol. The van der Waals surface area contributed by atoms with Gasteiger partial charge in [-0.2, -0.15) is 0 Å². The maximum Gasteiger partial charge on any atom is 0.306 e. The van der Waals surface area contributed by atoms with Gasteiger partial charge in [0, 0.05) is 11.6 Å². The summed E-state index contributed by atoms with van der Waals surface area (Å²) in [6.07, 6.45) is 0.915. The molecule has 0 spiro atoms. The van der Waals surface area contributed by atoms with Crippen molar-refractivity contribution in [2.24, 2.45) is 5.92 Å². The van der Waals surface area contributed by atoms with Crippen molar-refractivity contribution >= 4 is 23.5 Å². The van der Waals surface area contributed by atoms with Crippen LogP contribution in [0.4, 0.5) is 0 Å². The summed E-state index contributed by atoms with van der Waals surface area (Å²) in [4.78, 5) is 22.8. The summed E-state index contributed by atoms with van der Waals surface area (Å²) in [5.41, 5.74) is 0.720. The van der Waals surface area contributed by atoms with Crippen LogP contribution in [0.2, 0.25) is 5.02 Å². The molecule has 0 aliphatic heterocycles. The summed E-state index contributed by atoms with van der Waals surface area (Å²) < 4.78 is 5.54. The summed E-state index contributed by atoms with van der Waals surface area (Å²) in [6.45, 7) is 0. The van der Waals surface area contributed by atoms with Crippen LogP contribution in [0.1, 0.15) is 23.4 Å². The average molecular weight is 320 g/mol. The lowest BCUT2D eigenvalue weighted by molar-refractivity contribution is -0.145. The highest BCUT2D eigenvalue weighted by Gasteiger charge is 2.35. The highest BCUT2D eigenvalue weighted by atomic mass is 35.5. The molecule has 2 aromatic rings. The molecule has 0 bridgehead atoms. The molecule has 0 saturated heterocycles. The Hall–Kier alpha value is -2.27. The predicted octanol–water partition coefficient (Wildman–Crippen LogP) is 3.19. The molecule has 22 heavy (non-hydrogen) atoms. The number of aliphatic carboxylic acids is 1. The van der Waals surface area contributed by atoms with Gasteiger partial charge in [-0.05, 0) is 37.1 Å². The molecule has 1 aliphatic carbocycles. The zero-order chi connectivity index (χ0) is 15.7. The Balaban J connectivity index is 1.66. The number of halogens is 1. The summed E-state index contributed by atoms with van der Waals surface area (Å²) in [5.74, 6) is -0.807. The fourth-order valence-electron chi connectivity index (χ4n) is 2.46. The molecule has 114 valence electrons. The Morgan fingerprint density at radius 1 is 1.18 bits per heavy atom. The third-order valence-corrected chi connectivity index (χ3v) is 4.12. The molecule has 6 heteroatoms. The summed E-state index contributed by atoms with van der Waals surface area (Å²) in [5, 5.41) is 12.1. The van der Waals surface area contributed by atoms with Crippen molar-refractivity contribution in [2.75, 3.05) is 0 Å². The standard InChI is InChI=1S/C16H14ClNO4/c17-12-4-2-1-3-11(12)13-5-6-14(22-13)15(19)18-10-7-9(8-10)16(20)21/h1-6,9-10H,7-8H2,(H,18,19)(H,20,21). The average Bonchev–Trinajstić information content (AvgIpc) is 2.91. The van der Waals surface area contributed by atoms with Crippen LogP contribution in [0.15, 0.2) is 40.8 Å². The fourth-order valence-corrected chi connectivity index (χ4v) is 2.69. The van der Waals surface area contributed by atoms with E-state index in [9.17, 15) is 9.59 Å². The van der Waals surface area contributed by atoms with Crippen LogP contribution in [-0.2, 0) is 4.79 Å². The first-order valence-electron chi connectivity index (χ1n) is 6.93. The molecule has 1 heterocycles. The number of rotatable bonds is 4. The molecule has 0 atom stereocenters. The minimum Gasteiger partial charge on any atom is -0.481 e. The molecule has 1 saturated carbocycles. The molecule has 1 aliphatic rings. The largest absolute Gasteiger partial charge is 0.481 e. The third kappa shape index (κ3) is 2.85. The molecule has 0 radical (unpaired) electrons. The maximum atomic E-state index is 12.1. The van der Waals surface area contributed by atoms with E-state index in [-0.39, 0.29) is 23.6 Å². The molecular formula is C16H14ClNO4. The molecule has 0 unspecified atom stereocenters. The van der Waals surface area contributed by atoms with Gasteiger partial charge in [-0.15, -0.1) is 0 Å². The highest BCUT2D eigenvalue weighted by molar-refractivity contribution is 6.33. The van der Waals surface area contributed by atoms with Gasteiger partial charge in [0.1, 0.15) is 5.76 Å². The van der Waals surface area contributed by atoms with Gasteiger partial charge in [-0.3, -0.25) is 9.59 Å². The fraction of sp³-hybridized carbons (Fsp3) is 0.250. The van der Waals surface area contributed by atoms with Crippen molar-refractivity contribution in [1.82, 2.24) is 5.32 Å². The minimum atomic E-state index is -0.815. The first kappa shape index (κ1) is 14.7. The van der Waals surface area contributed by atoms with Gasteiger partial charge in [0.05, 0.1) is 10.9 Å². The number of furan rings is 1. The molecule has 3 rings (SSSR count). The topological polar surface area (TPSA) is 79.5 Å². The zero-order valence-electron chi connectivity index (χ0n) is 11.6. The molecular weight excluding hydrogens is 306 g/mol. The van der Waals surface area contributed by atoms with E-state index in [0.717, 1.165) is 5.56 Å². The Bertz CT molecular complexity index is 718. The number of amides is 1. The van der Waals surface area contributed by atoms with Gasteiger partial charge in [-0.25, -0.2) is 0 Å². The Kier molecular flexibility index (Phi) is 3.90. The number of carbonyl (C=O) groups excluding carboxylic acids is 1. The van der Waals surface area contributed by atoms with Crippen LogP contribution >= 0.6 is 11.6 Å². The van der Waals surface area contributed by atoms with Crippen LogP contribution in [0.25, 0.3) is 11.3 Å². The van der Waals surface area contributed by atoms with Crippen LogP contribution < -0.4 is 5.32 Å². The van der Waals surface area contributed by atoms with E-state index < -0.39 is 5.97 Å². The van der Waals surface area contributed by atoms with Crippen molar-refractivity contribution < 1.29 is 19.1 Å². The number of benzene rings is 1. The Morgan fingerprint density at radius 2 is 1.91 bits per heavy atom. The molecule has 1 aromatic heterocycles. The van der Waals surface area contributed by atoms with Crippen molar-refractivity contribution in [3.05, 3.63) is 47.2 Å². The number of hydrogen-bond donors (Lipinski definition) is 2. The highest BCUT2D eigenvalue weighted by Crippen LogP contribution is 2.30. The van der Waals surface area contributed by atoms with E-state index in [1.54, 1.807) is 18.2 Å². The Labute approximate surface area is 131 Å². The van der Waals surface area contributed by atoms with E-state index in [0.29, 0.717) is 23.6 Å². The SMILES string of the molecule is O=C(NC1CC(C(=O)O)C1)c1ccc(-c2ccccc2Cl)o1. The number of nitrogens with one attached hydrogen (secondary N) is 1. The van der Waals surface area contributed by atoms with E-state index in [1.807, 2.05) is 18.2 Å². The van der Waals surface area contributed by atoms with Crippen molar-refractivity contribution in [3.63, 3.8) is 0 Å². The van der Waals surface area contributed by atoms with Gasteiger partial charge in [0.2, 0.25) is 0 Å². The van der Waals surface area contributed by atoms with E-state index in [1.165, 1.54) is 0 Å². The second-order valence-electron chi connectivity index (χ2n) is 5.32. The minimum absolute atomic E-state index is 0.109. The smallest absolute Gasteiger partial charge is 0.306 e. The first-order chi connectivity index (χ1) is 10.5. The molecule has 1 fully saturated rings. The third-order valence-electron chi connectivity index (χ3n) is 3.79. The van der Waals surface area contributed by atoms with Crippen molar-refractivity contribution in [2.45, 2.75) is 18.9 Å². The van der Waals surface area contributed by atoms with Crippen LogP contribution in [0.5, 0.6) is 0 Å². The number of hydrogen-bond acceptors (Lipinski definition) is 3. The lowest BCUT2D eigenvalue weighted by Gasteiger charge is -2.32. The van der Waals surface area contributed by atoms with Crippen LogP contribution in [0.3, 0.4) is 0 Å². The van der Waals surface area contributed by atoms with E-state index >= 15 is 0 Å². The summed E-state index contributed by atoms with van der Waals surface area (Å²) in [7, 11) is 0. The molecule has 1 aromatic carbocycles. The van der Waals surface area contributed by atoms with Crippen molar-refractivity contribution in [3.8, 4) is 11.3 Å². The lowest BCUT2D eigenvalue weighted by Crippen LogP contribution is -2.46. The lowest BCUT2D eigenvalue weighted by atomic mass is 9.80. The van der Waals surface area contributed by atoms with E-state index in [4.69, 9.17) is 21.1 Å². The summed E-state index contributed by atoms with van der Waals surface area (Å²) in [6, 6.07) is 10.4. The number of carbonyl (C=O) groups is 2. The van der Waals surface area contributed by atoms with Crippen LogP contribution in [0, 0.1) is 5.92 Å². The first-order valence-corrected chi connectivity index (χ1v) is 7.31. The van der Waals surface area contributed by atoms with Crippen molar-refractivity contribution in [1.29, 1.82) is 0 Å². The molecule has 2 N–H and O–H groups in total. The number of carboxylic acids is 1. The molecule has 1 amide bonds. The summed E-state index contributed by atoms with van der Waals surface area (Å²) >= 11 is 6.09. The second-order valence-corrected chi connectivity index (χ2v) is 5.73. The molecule has 5 nitrogen and oxygen atoms in total. The quantitative estimate of drug-likeness (QED) is 0.907.